The molecule has 1 amide bonds. The van der Waals surface area contributed by atoms with Crippen molar-refractivity contribution in [2.24, 2.45) is 22.1 Å². The third kappa shape index (κ3) is 12.5. The van der Waals surface area contributed by atoms with Gasteiger partial charge in [0.25, 0.3) is 0 Å². The molecule has 0 aliphatic rings. The van der Waals surface area contributed by atoms with Crippen molar-refractivity contribution in [1.29, 1.82) is 10.7 Å². The molecular formula is C25H32Cl2N6O5S. The largest absolute Gasteiger partial charge is 0.464 e. The Kier molecular flexibility index (Phi) is 15.8. The summed E-state index contributed by atoms with van der Waals surface area (Å²) >= 11 is 16.3. The zero-order valence-electron chi connectivity index (χ0n) is 22.0. The quantitative estimate of drug-likeness (QED) is 0.0882. The summed E-state index contributed by atoms with van der Waals surface area (Å²) < 4.78 is 10.4. The minimum Gasteiger partial charge on any atom is -0.464 e. The van der Waals surface area contributed by atoms with Crippen LogP contribution < -0.4 is 10.2 Å². The topological polar surface area (TPSA) is 157 Å². The van der Waals surface area contributed by atoms with E-state index in [1.54, 1.807) is 32.0 Å². The highest BCUT2D eigenvalue weighted by atomic mass is 35.5. The first-order chi connectivity index (χ1) is 18.5. The first kappa shape index (κ1) is 33.9. The number of azo groups is 1. The van der Waals surface area contributed by atoms with Gasteiger partial charge in [-0.2, -0.15) is 5.26 Å². The molecule has 1 aromatic carbocycles. The van der Waals surface area contributed by atoms with Gasteiger partial charge in [0, 0.05) is 29.1 Å². The third-order valence-electron chi connectivity index (χ3n) is 5.04. The van der Waals surface area contributed by atoms with Crippen molar-refractivity contribution in [3.05, 3.63) is 18.2 Å². The summed E-state index contributed by atoms with van der Waals surface area (Å²) in [5, 5.41) is 27.8. The van der Waals surface area contributed by atoms with Gasteiger partial charge in [0.15, 0.2) is 0 Å². The molecule has 0 aromatic heterocycles. The number of nitriles is 1. The van der Waals surface area contributed by atoms with Crippen molar-refractivity contribution in [1.82, 2.24) is 0 Å². The lowest BCUT2D eigenvalue weighted by Gasteiger charge is -2.25. The molecule has 0 heterocycles. The molecule has 0 aliphatic carbocycles. The highest BCUT2D eigenvalue weighted by Gasteiger charge is 2.18. The van der Waals surface area contributed by atoms with E-state index in [-0.39, 0.29) is 79.1 Å². The van der Waals surface area contributed by atoms with Crippen LogP contribution in [0, 0.1) is 28.6 Å². The van der Waals surface area contributed by atoms with E-state index >= 15 is 0 Å². The van der Waals surface area contributed by atoms with E-state index in [9.17, 15) is 19.6 Å². The molecule has 0 saturated heterocycles. The minimum atomic E-state index is -0.991. The molecule has 1 atom stereocenters. The summed E-state index contributed by atoms with van der Waals surface area (Å²) in [5.74, 6) is -2.18. The highest BCUT2D eigenvalue weighted by Crippen LogP contribution is 2.31. The van der Waals surface area contributed by atoms with Crippen molar-refractivity contribution in [3.63, 3.8) is 0 Å². The normalized spacial score (nSPS) is 11.5. The number of halogens is 2. The first-order valence-corrected chi connectivity index (χ1v) is 13.5. The third-order valence-corrected chi connectivity index (χ3v) is 5.73. The van der Waals surface area contributed by atoms with Crippen LogP contribution in [-0.4, -0.2) is 66.6 Å². The summed E-state index contributed by atoms with van der Waals surface area (Å²) in [4.78, 5) is 37.7. The monoisotopic (exact) mass is 598 g/mol. The summed E-state index contributed by atoms with van der Waals surface area (Å²) in [6, 6.07) is 6.87. The zero-order chi connectivity index (χ0) is 29.4. The smallest absolute Gasteiger partial charge is 0.307 e. The number of hydrogen-bond donors (Lipinski definition) is 2. The van der Waals surface area contributed by atoms with E-state index in [0.29, 0.717) is 11.4 Å². The predicted molar refractivity (Wildman–Crippen MR) is 154 cm³/mol. The van der Waals surface area contributed by atoms with Crippen molar-refractivity contribution in [2.75, 3.05) is 48.3 Å². The van der Waals surface area contributed by atoms with Gasteiger partial charge in [-0.15, -0.1) is 33.4 Å². The van der Waals surface area contributed by atoms with E-state index in [1.165, 1.54) is 6.92 Å². The molecule has 0 bridgehead atoms. The molecule has 1 rings (SSSR count). The Balaban J connectivity index is 3.29. The number of ether oxygens (including phenoxy) is 2. The van der Waals surface area contributed by atoms with Gasteiger partial charge in [-0.3, -0.25) is 14.4 Å². The molecular weight excluding hydrogens is 567 g/mol. The second-order valence-corrected chi connectivity index (χ2v) is 9.61. The van der Waals surface area contributed by atoms with Gasteiger partial charge in [0.1, 0.15) is 29.8 Å². The van der Waals surface area contributed by atoms with Crippen LogP contribution in [0.2, 0.25) is 0 Å². The van der Waals surface area contributed by atoms with Crippen LogP contribution in [0.3, 0.4) is 0 Å². The number of thiocarbonyl (C=S) groups is 1. The Morgan fingerprint density at radius 1 is 1.13 bits per heavy atom. The maximum absolute atomic E-state index is 12.5. The van der Waals surface area contributed by atoms with Crippen molar-refractivity contribution in [3.8, 4) is 6.07 Å². The van der Waals surface area contributed by atoms with Crippen molar-refractivity contribution in [2.45, 2.75) is 33.6 Å². The molecule has 0 aliphatic heterocycles. The Labute approximate surface area is 243 Å². The van der Waals surface area contributed by atoms with Gasteiger partial charge in [-0.1, -0.05) is 26.1 Å². The second-order valence-electron chi connectivity index (χ2n) is 8.43. The Hall–Kier alpha value is -3.14. The predicted octanol–water partition coefficient (Wildman–Crippen LogP) is 5.02. The van der Waals surface area contributed by atoms with Crippen LogP contribution in [0.5, 0.6) is 0 Å². The van der Waals surface area contributed by atoms with Crippen molar-refractivity contribution < 1.29 is 23.9 Å². The van der Waals surface area contributed by atoms with E-state index in [0.717, 1.165) is 0 Å². The van der Waals surface area contributed by atoms with Gasteiger partial charge in [0.05, 0.1) is 37.7 Å². The highest BCUT2D eigenvalue weighted by molar-refractivity contribution is 7.80. The Morgan fingerprint density at radius 3 is 2.15 bits per heavy atom. The molecule has 1 aromatic rings. The molecule has 0 saturated carbocycles. The lowest BCUT2D eigenvalue weighted by Crippen LogP contribution is -2.32. The summed E-state index contributed by atoms with van der Waals surface area (Å²) in [5.41, 5.74) is 1.25. The number of rotatable bonds is 16. The number of carbonyl (C=O) groups is 3. The molecule has 11 nitrogen and oxygen atoms in total. The molecule has 2 N–H and O–H groups in total. The zero-order valence-corrected chi connectivity index (χ0v) is 24.4. The van der Waals surface area contributed by atoms with Crippen LogP contribution >= 0.6 is 35.4 Å². The van der Waals surface area contributed by atoms with Gasteiger partial charge in [-0.05, 0) is 25.1 Å². The number of nitrogens with one attached hydrogen (secondary N) is 2. The van der Waals surface area contributed by atoms with Crippen LogP contribution in [0.15, 0.2) is 28.4 Å². The lowest BCUT2D eigenvalue weighted by molar-refractivity contribution is -0.143. The van der Waals surface area contributed by atoms with Crippen LogP contribution in [0.1, 0.15) is 33.6 Å². The molecule has 1 unspecified atom stereocenters. The fourth-order valence-electron chi connectivity index (χ4n) is 2.89. The molecule has 0 fully saturated rings. The molecule has 39 heavy (non-hydrogen) atoms. The van der Waals surface area contributed by atoms with E-state index in [4.69, 9.17) is 50.3 Å². The van der Waals surface area contributed by atoms with Crippen LogP contribution in [-0.2, 0) is 23.9 Å². The van der Waals surface area contributed by atoms with E-state index < -0.39 is 17.9 Å². The average molecular weight is 600 g/mol. The number of nitrogens with zero attached hydrogens (tertiary/aromatic N) is 4. The standard InChI is InChI=1S/C25H32Cl2N6O5S/c1-16(2)24(36)30-21-14-18(4-5-20(21)31-32-25(39)19(15-28)17(3)29)33(10-12-37-22(34)6-8-26)11-13-38-23(35)7-9-27/h4-5,14,16,19,29H,6-13H2,1-3H3,(H,30,36). The maximum atomic E-state index is 12.5. The number of amides is 1. The first-order valence-electron chi connectivity index (χ1n) is 12.1. The SMILES string of the molecule is CC(=N)C(C#N)C(=S)N=Nc1ccc(N(CCOC(=O)CCCl)CCOC(=O)CCCl)cc1NC(=O)C(C)C. The second kappa shape index (κ2) is 18.2. The van der Waals surface area contributed by atoms with Crippen LogP contribution in [0.25, 0.3) is 0 Å². The summed E-state index contributed by atoms with van der Waals surface area (Å²) in [6.07, 6.45) is 0.156. The fraction of sp³-hybridized carbons (Fsp3) is 0.520. The minimum absolute atomic E-state index is 0.0410. The van der Waals surface area contributed by atoms with Crippen molar-refractivity contribution >= 4 is 81.0 Å². The number of alkyl halides is 2. The number of esters is 2. The number of carbonyl (C=O) groups excluding carboxylic acids is 3. The number of anilines is 2. The van der Waals surface area contributed by atoms with Gasteiger partial charge >= 0.3 is 11.9 Å². The Morgan fingerprint density at radius 2 is 1.69 bits per heavy atom. The van der Waals surface area contributed by atoms with E-state index in [2.05, 4.69) is 15.5 Å². The molecule has 0 radical (unpaired) electrons. The lowest BCUT2D eigenvalue weighted by atomic mass is 10.1. The van der Waals surface area contributed by atoms with Gasteiger partial charge in [0.2, 0.25) is 5.91 Å². The number of benzene rings is 1. The number of hydrogen-bond acceptors (Lipinski definition) is 10. The molecule has 212 valence electrons. The maximum Gasteiger partial charge on any atom is 0.307 e. The molecule has 0 spiro atoms. The van der Waals surface area contributed by atoms with E-state index in [1.807, 2.05) is 11.0 Å². The average Bonchev–Trinajstić information content (AvgIpc) is 2.87. The summed E-state index contributed by atoms with van der Waals surface area (Å²) in [6.45, 7) is 5.53. The molecule has 14 heteroatoms. The summed E-state index contributed by atoms with van der Waals surface area (Å²) in [7, 11) is 0. The van der Waals surface area contributed by atoms with Gasteiger partial charge < -0.3 is 25.1 Å². The van der Waals surface area contributed by atoms with Crippen LogP contribution in [0.4, 0.5) is 17.1 Å². The fourth-order valence-corrected chi connectivity index (χ4v) is 3.47. The Bertz CT molecular complexity index is 1080. The van der Waals surface area contributed by atoms with Gasteiger partial charge in [-0.25, -0.2) is 0 Å².